The Bertz CT molecular complexity index is 930. The fourth-order valence-electron chi connectivity index (χ4n) is 3.27. The maximum Gasteiger partial charge on any atom is 0.337 e. The lowest BCUT2D eigenvalue weighted by molar-refractivity contribution is 0.0600. The maximum atomic E-state index is 11.8. The fraction of sp³-hybridized carbons (Fsp3) is 0.333. The van der Waals surface area contributed by atoms with Gasteiger partial charge in [0.1, 0.15) is 11.4 Å². The molecule has 1 aliphatic rings. The molecule has 5 nitrogen and oxygen atoms in total. The smallest absolute Gasteiger partial charge is 0.337 e. The van der Waals surface area contributed by atoms with Gasteiger partial charge < -0.3 is 20.1 Å². The van der Waals surface area contributed by atoms with Crippen LogP contribution in [0.2, 0.25) is 5.02 Å². The van der Waals surface area contributed by atoms with Gasteiger partial charge in [-0.3, -0.25) is 0 Å². The summed E-state index contributed by atoms with van der Waals surface area (Å²) in [6.45, 7) is 6.15. The molecule has 0 bridgehead atoms. The van der Waals surface area contributed by atoms with Crippen molar-refractivity contribution in [2.45, 2.75) is 38.8 Å². The van der Waals surface area contributed by atoms with Gasteiger partial charge in [0.05, 0.1) is 29.4 Å². The number of thiocarbonyl (C=S) groups is 1. The highest BCUT2D eigenvalue weighted by Crippen LogP contribution is 2.40. The molecule has 2 aromatic rings. The first-order valence-electron chi connectivity index (χ1n) is 8.93. The molecule has 28 heavy (non-hydrogen) atoms. The van der Waals surface area contributed by atoms with Gasteiger partial charge in [0.2, 0.25) is 0 Å². The number of benzene rings is 2. The van der Waals surface area contributed by atoms with Crippen molar-refractivity contribution in [2.24, 2.45) is 0 Å². The van der Waals surface area contributed by atoms with E-state index in [-0.39, 0.29) is 11.6 Å². The van der Waals surface area contributed by atoms with Gasteiger partial charge >= 0.3 is 5.97 Å². The average Bonchev–Trinajstić information content (AvgIpc) is 2.61. The van der Waals surface area contributed by atoms with Crippen molar-refractivity contribution in [1.29, 1.82) is 0 Å². The number of esters is 1. The molecule has 0 saturated heterocycles. The van der Waals surface area contributed by atoms with Gasteiger partial charge in [-0.1, -0.05) is 23.7 Å². The Labute approximate surface area is 175 Å². The van der Waals surface area contributed by atoms with Gasteiger partial charge in [-0.15, -0.1) is 0 Å². The summed E-state index contributed by atoms with van der Waals surface area (Å²) in [5, 5.41) is 7.31. The summed E-state index contributed by atoms with van der Waals surface area (Å²) >= 11 is 11.8. The summed E-state index contributed by atoms with van der Waals surface area (Å²) in [4.78, 5) is 11.8. The Kier molecular flexibility index (Phi) is 5.82. The number of nitrogens with one attached hydrogen (secondary N) is 2. The Morgan fingerprint density at radius 3 is 2.75 bits per heavy atom. The quantitative estimate of drug-likeness (QED) is 0.539. The molecule has 7 heteroatoms. The Balaban J connectivity index is 1.79. The van der Waals surface area contributed by atoms with Gasteiger partial charge in [0, 0.05) is 12.0 Å². The van der Waals surface area contributed by atoms with E-state index in [4.69, 9.17) is 33.3 Å². The van der Waals surface area contributed by atoms with Crippen molar-refractivity contribution in [3.63, 3.8) is 0 Å². The third kappa shape index (κ3) is 4.56. The number of rotatable bonds is 3. The van der Waals surface area contributed by atoms with Crippen molar-refractivity contribution < 1.29 is 14.3 Å². The van der Waals surface area contributed by atoms with Crippen LogP contribution < -0.4 is 15.4 Å². The lowest BCUT2D eigenvalue weighted by Gasteiger charge is -2.38. The molecule has 0 spiro atoms. The zero-order chi connectivity index (χ0) is 20.5. The molecule has 0 aliphatic carbocycles. The number of fused-ring (bicyclic) bond motifs is 1. The molecule has 0 saturated carbocycles. The predicted molar refractivity (Wildman–Crippen MR) is 115 cm³/mol. The first-order chi connectivity index (χ1) is 13.2. The van der Waals surface area contributed by atoms with Gasteiger partial charge in [0.15, 0.2) is 5.11 Å². The Morgan fingerprint density at radius 1 is 1.29 bits per heavy atom. The van der Waals surface area contributed by atoms with Crippen LogP contribution in [0.25, 0.3) is 0 Å². The molecule has 148 valence electrons. The minimum atomic E-state index is -0.436. The highest BCUT2D eigenvalue weighted by molar-refractivity contribution is 7.80. The lowest BCUT2D eigenvalue weighted by Crippen LogP contribution is -2.42. The maximum absolute atomic E-state index is 11.8. The van der Waals surface area contributed by atoms with E-state index in [0.717, 1.165) is 23.3 Å². The second kappa shape index (κ2) is 7.97. The number of anilines is 1. The van der Waals surface area contributed by atoms with Gasteiger partial charge in [-0.05, 0) is 62.8 Å². The van der Waals surface area contributed by atoms with E-state index in [9.17, 15) is 4.79 Å². The van der Waals surface area contributed by atoms with Crippen LogP contribution in [0.15, 0.2) is 36.4 Å². The van der Waals surface area contributed by atoms with Crippen LogP contribution in [0.4, 0.5) is 5.69 Å². The molecule has 0 fully saturated rings. The SMILES string of the molecule is COC(=O)c1ccc(Cl)c(NC(=S)NC2CC(C)(C)Oc3cc(C)ccc32)c1. The number of hydrogen-bond acceptors (Lipinski definition) is 4. The predicted octanol–water partition coefficient (Wildman–Crippen LogP) is 5.02. The van der Waals surface area contributed by atoms with Crippen LogP contribution in [0.3, 0.4) is 0 Å². The lowest BCUT2D eigenvalue weighted by atomic mass is 9.89. The largest absolute Gasteiger partial charge is 0.487 e. The number of hydrogen-bond donors (Lipinski definition) is 2. The molecule has 1 unspecified atom stereocenters. The van der Waals surface area contributed by atoms with Crippen LogP contribution in [0, 0.1) is 6.92 Å². The highest BCUT2D eigenvalue weighted by atomic mass is 35.5. The first kappa shape index (κ1) is 20.4. The minimum Gasteiger partial charge on any atom is -0.487 e. The third-order valence-electron chi connectivity index (χ3n) is 4.57. The van der Waals surface area contributed by atoms with E-state index in [1.54, 1.807) is 18.2 Å². The molecular weight excluding hydrogens is 396 g/mol. The molecule has 0 radical (unpaired) electrons. The van der Waals surface area contributed by atoms with Crippen LogP contribution in [0.1, 0.15) is 47.8 Å². The number of ether oxygens (including phenoxy) is 2. The Morgan fingerprint density at radius 2 is 2.04 bits per heavy atom. The van der Waals surface area contributed by atoms with Crippen molar-refractivity contribution in [3.8, 4) is 5.75 Å². The molecule has 2 N–H and O–H groups in total. The average molecular weight is 419 g/mol. The minimum absolute atomic E-state index is 0.0121. The van der Waals surface area contributed by atoms with E-state index >= 15 is 0 Å². The van der Waals surface area contributed by atoms with Crippen LogP contribution in [-0.2, 0) is 4.74 Å². The molecular formula is C21H23ClN2O3S. The molecule has 2 aromatic carbocycles. The van der Waals surface area contributed by atoms with Gasteiger partial charge in [-0.25, -0.2) is 4.79 Å². The third-order valence-corrected chi connectivity index (χ3v) is 5.12. The second-order valence-electron chi connectivity index (χ2n) is 7.44. The summed E-state index contributed by atoms with van der Waals surface area (Å²) in [7, 11) is 1.34. The topological polar surface area (TPSA) is 59.6 Å². The van der Waals surface area contributed by atoms with Crippen molar-refractivity contribution >= 4 is 40.6 Å². The fourth-order valence-corrected chi connectivity index (χ4v) is 3.69. The molecule has 1 heterocycles. The van der Waals surface area contributed by atoms with E-state index < -0.39 is 5.97 Å². The summed E-state index contributed by atoms with van der Waals surface area (Å²) < 4.78 is 10.9. The van der Waals surface area contributed by atoms with Crippen LogP contribution in [0.5, 0.6) is 5.75 Å². The molecule has 1 atom stereocenters. The first-order valence-corrected chi connectivity index (χ1v) is 9.72. The number of carbonyl (C=O) groups excluding carboxylic acids is 1. The van der Waals surface area contributed by atoms with E-state index in [1.165, 1.54) is 7.11 Å². The van der Waals surface area contributed by atoms with Crippen molar-refractivity contribution in [2.75, 3.05) is 12.4 Å². The number of methoxy groups -OCH3 is 1. The normalized spacial score (nSPS) is 17.1. The molecule has 0 amide bonds. The van der Waals surface area contributed by atoms with Gasteiger partial charge in [-0.2, -0.15) is 0 Å². The van der Waals surface area contributed by atoms with Crippen LogP contribution >= 0.6 is 23.8 Å². The van der Waals surface area contributed by atoms with E-state index in [1.807, 2.05) is 13.0 Å². The number of carbonyl (C=O) groups is 1. The second-order valence-corrected chi connectivity index (χ2v) is 8.26. The highest BCUT2D eigenvalue weighted by Gasteiger charge is 2.34. The monoisotopic (exact) mass is 418 g/mol. The summed E-state index contributed by atoms with van der Waals surface area (Å²) in [5.41, 5.74) is 2.81. The van der Waals surface area contributed by atoms with E-state index in [2.05, 4.69) is 36.6 Å². The molecule has 1 aliphatic heterocycles. The zero-order valence-corrected chi connectivity index (χ0v) is 17.8. The van der Waals surface area contributed by atoms with Crippen molar-refractivity contribution in [1.82, 2.24) is 5.32 Å². The summed E-state index contributed by atoms with van der Waals surface area (Å²) in [5.74, 6) is 0.427. The molecule has 0 aromatic heterocycles. The standard InChI is InChI=1S/C21H23ClN2O3S/c1-12-5-7-14-17(11-21(2,3)27-18(14)9-12)24-20(28)23-16-10-13(19(25)26-4)6-8-15(16)22/h5-10,17H,11H2,1-4H3,(H2,23,24,28). The summed E-state index contributed by atoms with van der Waals surface area (Å²) in [6, 6.07) is 11.0. The molecule has 3 rings (SSSR count). The zero-order valence-electron chi connectivity index (χ0n) is 16.3. The number of aryl methyl sites for hydroxylation is 1. The Hall–Kier alpha value is -2.31. The van der Waals surface area contributed by atoms with Gasteiger partial charge in [0.25, 0.3) is 0 Å². The van der Waals surface area contributed by atoms with E-state index in [0.29, 0.717) is 21.4 Å². The van der Waals surface area contributed by atoms with Crippen LogP contribution in [-0.4, -0.2) is 23.8 Å². The number of halogens is 1. The van der Waals surface area contributed by atoms with Crippen molar-refractivity contribution in [3.05, 3.63) is 58.1 Å². The summed E-state index contributed by atoms with van der Waals surface area (Å²) in [6.07, 6.45) is 0.751.